The van der Waals surface area contributed by atoms with Gasteiger partial charge in [-0.1, -0.05) is 25.8 Å². The van der Waals surface area contributed by atoms with E-state index >= 15 is 0 Å². The smallest absolute Gasteiger partial charge is 0.336 e. The van der Waals surface area contributed by atoms with Gasteiger partial charge in [0, 0.05) is 12.3 Å². The average Bonchev–Trinajstić information content (AvgIpc) is 3.40. The van der Waals surface area contributed by atoms with Crippen molar-refractivity contribution in [1.82, 2.24) is 0 Å². The Morgan fingerprint density at radius 2 is 1.94 bits per heavy atom. The van der Waals surface area contributed by atoms with Crippen molar-refractivity contribution >= 4 is 11.8 Å². The van der Waals surface area contributed by atoms with Crippen molar-refractivity contribution in [3.05, 3.63) is 22.8 Å². The molecular formula is C28H38O6. The first kappa shape index (κ1) is 22.9. The molecular weight excluding hydrogens is 432 g/mol. The normalized spacial score (nSPS) is 50.5. The van der Waals surface area contributed by atoms with Crippen molar-refractivity contribution in [3.63, 3.8) is 0 Å². The van der Waals surface area contributed by atoms with Gasteiger partial charge in [0.05, 0.1) is 23.7 Å². The van der Waals surface area contributed by atoms with Crippen molar-refractivity contribution in [2.75, 3.05) is 6.61 Å². The van der Waals surface area contributed by atoms with Crippen LogP contribution in [0, 0.1) is 34.5 Å². The van der Waals surface area contributed by atoms with Gasteiger partial charge in [0.15, 0.2) is 5.78 Å². The summed E-state index contributed by atoms with van der Waals surface area (Å²) >= 11 is 0. The van der Waals surface area contributed by atoms with Gasteiger partial charge in [0.2, 0.25) is 0 Å². The van der Waals surface area contributed by atoms with Crippen molar-refractivity contribution in [2.24, 2.45) is 34.5 Å². The second kappa shape index (κ2) is 7.27. The Morgan fingerprint density at radius 3 is 2.65 bits per heavy atom. The van der Waals surface area contributed by atoms with Crippen LogP contribution in [0.5, 0.6) is 0 Å². The monoisotopic (exact) mass is 470 g/mol. The van der Waals surface area contributed by atoms with E-state index in [4.69, 9.17) is 9.47 Å². The zero-order valence-corrected chi connectivity index (χ0v) is 20.8. The Bertz CT molecular complexity index is 1010. The number of rotatable bonds is 3. The van der Waals surface area contributed by atoms with E-state index in [1.807, 2.05) is 13.8 Å². The molecule has 2 aliphatic heterocycles. The van der Waals surface area contributed by atoms with Gasteiger partial charge in [-0.15, -0.1) is 0 Å². The van der Waals surface area contributed by atoms with Crippen molar-refractivity contribution in [1.29, 1.82) is 0 Å². The Kier molecular flexibility index (Phi) is 4.90. The Hall–Kier alpha value is -1.50. The summed E-state index contributed by atoms with van der Waals surface area (Å²) in [7, 11) is 0. The number of cyclic esters (lactones) is 1. The van der Waals surface area contributed by atoms with Crippen molar-refractivity contribution in [2.45, 2.75) is 96.6 Å². The van der Waals surface area contributed by atoms with Gasteiger partial charge in [-0.25, -0.2) is 4.79 Å². The summed E-state index contributed by atoms with van der Waals surface area (Å²) in [5.41, 5.74) is 0.569. The highest BCUT2D eigenvalue weighted by Gasteiger charge is 2.81. The lowest BCUT2D eigenvalue weighted by molar-refractivity contribution is -0.152. The molecule has 0 aromatic carbocycles. The van der Waals surface area contributed by atoms with Crippen LogP contribution in [-0.2, 0) is 19.1 Å². The second-order valence-electron chi connectivity index (χ2n) is 12.6. The lowest BCUT2D eigenvalue weighted by Crippen LogP contribution is -2.64. The number of hydrogen-bond acceptors (Lipinski definition) is 6. The fourth-order valence-electron chi connectivity index (χ4n) is 9.20. The molecule has 6 heteroatoms. The van der Waals surface area contributed by atoms with E-state index < -0.39 is 29.2 Å². The second-order valence-corrected chi connectivity index (χ2v) is 12.6. The molecule has 0 amide bonds. The number of allylic oxidation sites excluding steroid dienone is 1. The van der Waals surface area contributed by atoms with Gasteiger partial charge in [-0.2, -0.15) is 0 Å². The Balaban J connectivity index is 1.33. The lowest BCUT2D eigenvalue weighted by atomic mass is 9.44. The highest BCUT2D eigenvalue weighted by molar-refractivity contribution is 5.99. The third kappa shape index (κ3) is 2.68. The Labute approximate surface area is 201 Å². The molecule has 4 aliphatic carbocycles. The maximum Gasteiger partial charge on any atom is 0.336 e. The minimum atomic E-state index is -0.879. The van der Waals surface area contributed by atoms with Gasteiger partial charge in [-0.3, -0.25) is 4.79 Å². The molecule has 6 rings (SSSR count). The van der Waals surface area contributed by atoms with E-state index in [1.165, 1.54) is 19.3 Å². The molecule has 2 N–H and O–H groups in total. The molecule has 0 radical (unpaired) electrons. The van der Waals surface area contributed by atoms with E-state index in [-0.39, 0.29) is 30.3 Å². The number of hydrogen-bond donors (Lipinski definition) is 2. The van der Waals surface area contributed by atoms with Crippen molar-refractivity contribution < 1.29 is 29.3 Å². The fourth-order valence-corrected chi connectivity index (χ4v) is 9.20. The van der Waals surface area contributed by atoms with Crippen LogP contribution in [0.2, 0.25) is 0 Å². The van der Waals surface area contributed by atoms with Gasteiger partial charge in [0.25, 0.3) is 0 Å². The third-order valence-electron chi connectivity index (χ3n) is 11.3. The van der Waals surface area contributed by atoms with Gasteiger partial charge in [-0.05, 0) is 80.8 Å². The summed E-state index contributed by atoms with van der Waals surface area (Å²) < 4.78 is 12.1. The highest BCUT2D eigenvalue weighted by Crippen LogP contribution is 2.72. The van der Waals surface area contributed by atoms with Gasteiger partial charge >= 0.3 is 5.97 Å². The Morgan fingerprint density at radius 1 is 1.18 bits per heavy atom. The molecule has 6 aliphatic rings. The standard InChI is InChI=1S/C28H38O6/c1-14-10-21(33-25(32)18(14)13-29)15(2)16-11-22(30)27(4)20-7-9-26(3)8-5-6-19(26)17(20)12-23-28(27,34-23)24(16)31/h11,15,17,19-21,23-24,29,31H,5-10,12-13H2,1-4H3/t15-,17-,19-,20-,21+,23+,24-,26-,27-,28-/m0/s1. The van der Waals surface area contributed by atoms with E-state index in [2.05, 4.69) is 13.8 Å². The number of carbonyl (C=O) groups excluding carboxylic acids is 2. The average molecular weight is 471 g/mol. The van der Waals surface area contributed by atoms with Crippen LogP contribution < -0.4 is 0 Å². The molecule has 0 unspecified atom stereocenters. The van der Waals surface area contributed by atoms with Crippen LogP contribution in [0.25, 0.3) is 0 Å². The van der Waals surface area contributed by atoms with E-state index in [0.29, 0.717) is 34.8 Å². The molecule has 0 aromatic rings. The quantitative estimate of drug-likeness (QED) is 0.484. The third-order valence-corrected chi connectivity index (χ3v) is 11.3. The lowest BCUT2D eigenvalue weighted by Gasteiger charge is -2.57. The predicted molar refractivity (Wildman–Crippen MR) is 125 cm³/mol. The van der Waals surface area contributed by atoms with Crippen LogP contribution in [0.3, 0.4) is 0 Å². The first-order chi connectivity index (χ1) is 16.1. The largest absolute Gasteiger partial charge is 0.458 e. The van der Waals surface area contributed by atoms with Crippen LogP contribution in [-0.4, -0.2) is 52.5 Å². The topological polar surface area (TPSA) is 96.4 Å². The highest BCUT2D eigenvalue weighted by atomic mass is 16.6. The summed E-state index contributed by atoms with van der Waals surface area (Å²) in [4.78, 5) is 26.4. The molecule has 1 spiro atoms. The fraction of sp³-hybridized carbons (Fsp3) is 0.786. The van der Waals surface area contributed by atoms with Gasteiger partial charge in [0.1, 0.15) is 17.8 Å². The number of esters is 1. The number of carbonyl (C=O) groups is 2. The van der Waals surface area contributed by atoms with Crippen LogP contribution in [0.4, 0.5) is 0 Å². The number of fused-ring (bicyclic) bond motifs is 4. The summed E-state index contributed by atoms with van der Waals surface area (Å²) in [6, 6.07) is 0. The molecule has 0 aromatic heterocycles. The number of aliphatic hydroxyl groups is 2. The summed E-state index contributed by atoms with van der Waals surface area (Å²) in [5, 5.41) is 21.2. The maximum absolute atomic E-state index is 14.0. The van der Waals surface area contributed by atoms with Crippen LogP contribution in [0.1, 0.15) is 72.6 Å². The molecule has 34 heavy (non-hydrogen) atoms. The molecule has 4 fully saturated rings. The molecule has 0 bridgehead atoms. The predicted octanol–water partition coefficient (Wildman–Crippen LogP) is 3.50. The zero-order chi connectivity index (χ0) is 24.2. The zero-order valence-electron chi connectivity index (χ0n) is 20.8. The molecule has 2 heterocycles. The van der Waals surface area contributed by atoms with Crippen molar-refractivity contribution in [3.8, 4) is 0 Å². The first-order valence-electron chi connectivity index (χ1n) is 13.2. The number of aliphatic hydroxyl groups excluding tert-OH is 2. The minimum Gasteiger partial charge on any atom is -0.458 e. The molecule has 1 saturated heterocycles. The van der Waals surface area contributed by atoms with Crippen LogP contribution >= 0.6 is 0 Å². The molecule has 3 saturated carbocycles. The van der Waals surface area contributed by atoms with Crippen LogP contribution in [0.15, 0.2) is 22.8 Å². The number of epoxide rings is 1. The van der Waals surface area contributed by atoms with E-state index in [9.17, 15) is 19.8 Å². The summed E-state index contributed by atoms with van der Waals surface area (Å²) in [6.45, 7) is 7.92. The SMILES string of the molecule is CC1=C(CO)C(=O)O[C@@H]([C@@H](C)C2=CC(=O)[C@]3(C)[C@H]4CC[C@]5(C)CCC[C@H]5[C@@H]4C[C@H]4O[C@]43[C@H]2O)C1. The maximum atomic E-state index is 14.0. The first-order valence-corrected chi connectivity index (χ1v) is 13.2. The molecule has 10 atom stereocenters. The summed E-state index contributed by atoms with van der Waals surface area (Å²) in [6.07, 6.45) is 7.65. The van der Waals surface area contributed by atoms with E-state index in [0.717, 1.165) is 24.8 Å². The number of ether oxygens (including phenoxy) is 2. The van der Waals surface area contributed by atoms with Gasteiger partial charge < -0.3 is 19.7 Å². The number of ketones is 1. The molecule has 6 nitrogen and oxygen atoms in total. The minimum absolute atomic E-state index is 0.0731. The van der Waals surface area contributed by atoms with E-state index in [1.54, 1.807) is 6.08 Å². The summed E-state index contributed by atoms with van der Waals surface area (Å²) in [5.74, 6) is 0.623. The molecule has 186 valence electrons.